The smallest absolute Gasteiger partial charge is 0.241 e. The summed E-state index contributed by atoms with van der Waals surface area (Å²) >= 11 is 0. The van der Waals surface area contributed by atoms with E-state index in [0.29, 0.717) is 25.6 Å². The van der Waals surface area contributed by atoms with Crippen LogP contribution in [0.4, 0.5) is 11.4 Å². The SMILES string of the molecule is COCCNCC(=O)N1CC(C)CN(C)c2ccccc21. The zero-order chi connectivity index (χ0) is 15.2. The maximum atomic E-state index is 12.5. The van der Waals surface area contributed by atoms with Crippen molar-refractivity contribution in [2.24, 2.45) is 5.92 Å². The molecule has 1 aliphatic heterocycles. The van der Waals surface area contributed by atoms with Crippen molar-refractivity contribution in [2.45, 2.75) is 6.92 Å². The van der Waals surface area contributed by atoms with Crippen molar-refractivity contribution in [3.05, 3.63) is 24.3 Å². The molecule has 0 bridgehead atoms. The van der Waals surface area contributed by atoms with E-state index < -0.39 is 0 Å². The third kappa shape index (κ3) is 3.95. The van der Waals surface area contributed by atoms with Crippen molar-refractivity contribution in [1.29, 1.82) is 0 Å². The van der Waals surface area contributed by atoms with E-state index in [1.54, 1.807) is 7.11 Å². The molecule has 0 aromatic heterocycles. The van der Waals surface area contributed by atoms with E-state index in [4.69, 9.17) is 4.74 Å². The van der Waals surface area contributed by atoms with Crippen molar-refractivity contribution in [1.82, 2.24) is 5.32 Å². The van der Waals surface area contributed by atoms with Gasteiger partial charge in [0.05, 0.1) is 24.5 Å². The molecular formula is C16H25N3O2. The van der Waals surface area contributed by atoms with Crippen LogP contribution in [0.1, 0.15) is 6.92 Å². The van der Waals surface area contributed by atoms with Gasteiger partial charge < -0.3 is 19.9 Å². The van der Waals surface area contributed by atoms with Gasteiger partial charge in [-0.2, -0.15) is 0 Å². The Morgan fingerprint density at radius 3 is 2.76 bits per heavy atom. The van der Waals surface area contributed by atoms with Crippen molar-refractivity contribution in [3.8, 4) is 0 Å². The molecule has 21 heavy (non-hydrogen) atoms. The molecule has 0 aliphatic carbocycles. The molecule has 1 atom stereocenters. The third-order valence-electron chi connectivity index (χ3n) is 3.72. The lowest BCUT2D eigenvalue weighted by atomic mass is 10.1. The predicted molar refractivity (Wildman–Crippen MR) is 86.0 cm³/mol. The molecule has 2 rings (SSSR count). The summed E-state index contributed by atoms with van der Waals surface area (Å²) in [5, 5.41) is 3.13. The Hall–Kier alpha value is -1.59. The molecule has 1 N–H and O–H groups in total. The second kappa shape index (κ2) is 7.43. The summed E-state index contributed by atoms with van der Waals surface area (Å²) in [6.07, 6.45) is 0. The van der Waals surface area contributed by atoms with Crippen molar-refractivity contribution in [2.75, 3.05) is 56.7 Å². The number of nitrogens with zero attached hydrogens (tertiary/aromatic N) is 2. The van der Waals surface area contributed by atoms with E-state index in [0.717, 1.165) is 24.5 Å². The highest BCUT2D eigenvalue weighted by molar-refractivity contribution is 5.98. The lowest BCUT2D eigenvalue weighted by molar-refractivity contribution is -0.117. The van der Waals surface area contributed by atoms with Gasteiger partial charge in [0, 0.05) is 33.8 Å². The van der Waals surface area contributed by atoms with Gasteiger partial charge in [0.2, 0.25) is 5.91 Å². The Balaban J connectivity index is 2.13. The monoisotopic (exact) mass is 291 g/mol. The summed E-state index contributed by atoms with van der Waals surface area (Å²) in [6, 6.07) is 8.11. The standard InChI is InChI=1S/C16H25N3O2/c1-13-11-18(2)14-6-4-5-7-15(14)19(12-13)16(20)10-17-8-9-21-3/h4-7,13,17H,8-12H2,1-3H3. The first kappa shape index (κ1) is 15.8. The van der Waals surface area contributed by atoms with E-state index in [1.807, 2.05) is 23.1 Å². The number of benzene rings is 1. The van der Waals surface area contributed by atoms with E-state index in [9.17, 15) is 4.79 Å². The number of methoxy groups -OCH3 is 1. The average molecular weight is 291 g/mol. The van der Waals surface area contributed by atoms with Gasteiger partial charge in [0.1, 0.15) is 0 Å². The average Bonchev–Trinajstić information content (AvgIpc) is 2.61. The van der Waals surface area contributed by atoms with Gasteiger partial charge in [-0.15, -0.1) is 0 Å². The lowest BCUT2D eigenvalue weighted by Crippen LogP contribution is -2.41. The van der Waals surface area contributed by atoms with Gasteiger partial charge in [-0.3, -0.25) is 4.79 Å². The van der Waals surface area contributed by atoms with Crippen molar-refractivity contribution in [3.63, 3.8) is 0 Å². The van der Waals surface area contributed by atoms with Crippen LogP contribution < -0.4 is 15.1 Å². The van der Waals surface area contributed by atoms with E-state index in [2.05, 4.69) is 30.3 Å². The molecular weight excluding hydrogens is 266 g/mol. The van der Waals surface area contributed by atoms with Gasteiger partial charge in [-0.1, -0.05) is 19.1 Å². The Bertz CT molecular complexity index is 478. The number of para-hydroxylation sites is 2. The number of fused-ring (bicyclic) bond motifs is 1. The highest BCUT2D eigenvalue weighted by Crippen LogP contribution is 2.32. The Morgan fingerprint density at radius 1 is 1.33 bits per heavy atom. The molecule has 1 unspecified atom stereocenters. The summed E-state index contributed by atoms with van der Waals surface area (Å²) in [7, 11) is 3.74. The number of amides is 1. The summed E-state index contributed by atoms with van der Waals surface area (Å²) in [6.45, 7) is 5.54. The second-order valence-corrected chi connectivity index (χ2v) is 5.65. The van der Waals surface area contributed by atoms with Crippen LogP contribution in [0.2, 0.25) is 0 Å². The van der Waals surface area contributed by atoms with Gasteiger partial charge in [0.15, 0.2) is 0 Å². The molecule has 0 spiro atoms. The first-order chi connectivity index (χ1) is 10.1. The molecule has 1 heterocycles. The Labute approximate surface area is 126 Å². The van der Waals surface area contributed by atoms with Crippen LogP contribution in [-0.2, 0) is 9.53 Å². The number of rotatable bonds is 5. The zero-order valence-corrected chi connectivity index (χ0v) is 13.1. The maximum Gasteiger partial charge on any atom is 0.241 e. The highest BCUT2D eigenvalue weighted by atomic mass is 16.5. The molecule has 1 amide bonds. The molecule has 1 aromatic carbocycles. The van der Waals surface area contributed by atoms with Crippen LogP contribution in [0.3, 0.4) is 0 Å². The quantitative estimate of drug-likeness (QED) is 0.832. The van der Waals surface area contributed by atoms with Gasteiger partial charge in [0.25, 0.3) is 0 Å². The topological polar surface area (TPSA) is 44.8 Å². The molecule has 0 radical (unpaired) electrons. The fourth-order valence-corrected chi connectivity index (χ4v) is 2.75. The number of ether oxygens (including phenoxy) is 1. The number of anilines is 2. The largest absolute Gasteiger partial charge is 0.383 e. The van der Waals surface area contributed by atoms with Crippen LogP contribution in [0.15, 0.2) is 24.3 Å². The maximum absolute atomic E-state index is 12.5. The van der Waals surface area contributed by atoms with Gasteiger partial charge >= 0.3 is 0 Å². The second-order valence-electron chi connectivity index (χ2n) is 5.65. The number of carbonyl (C=O) groups is 1. The molecule has 0 saturated heterocycles. The van der Waals surface area contributed by atoms with Gasteiger partial charge in [-0.05, 0) is 18.1 Å². The van der Waals surface area contributed by atoms with Crippen molar-refractivity contribution < 1.29 is 9.53 Å². The zero-order valence-electron chi connectivity index (χ0n) is 13.1. The normalized spacial score (nSPS) is 18.3. The fourth-order valence-electron chi connectivity index (χ4n) is 2.75. The van der Waals surface area contributed by atoms with Crippen LogP contribution in [0.25, 0.3) is 0 Å². The minimum atomic E-state index is 0.112. The van der Waals surface area contributed by atoms with Gasteiger partial charge in [-0.25, -0.2) is 0 Å². The molecule has 1 aromatic rings. The van der Waals surface area contributed by atoms with Crippen LogP contribution in [0, 0.1) is 5.92 Å². The third-order valence-corrected chi connectivity index (χ3v) is 3.72. The van der Waals surface area contributed by atoms with E-state index in [1.165, 1.54) is 0 Å². The lowest BCUT2D eigenvalue weighted by Gasteiger charge is -2.24. The highest BCUT2D eigenvalue weighted by Gasteiger charge is 2.25. The van der Waals surface area contributed by atoms with Crippen LogP contribution in [-0.4, -0.2) is 52.9 Å². The molecule has 0 saturated carbocycles. The molecule has 5 heteroatoms. The molecule has 116 valence electrons. The minimum absolute atomic E-state index is 0.112. The summed E-state index contributed by atoms with van der Waals surface area (Å²) in [5.74, 6) is 0.547. The van der Waals surface area contributed by atoms with E-state index >= 15 is 0 Å². The molecule has 1 aliphatic rings. The van der Waals surface area contributed by atoms with Crippen molar-refractivity contribution >= 4 is 17.3 Å². The Kier molecular flexibility index (Phi) is 5.59. The van der Waals surface area contributed by atoms with Crippen LogP contribution >= 0.6 is 0 Å². The first-order valence-electron chi connectivity index (χ1n) is 7.43. The number of hydrogen-bond acceptors (Lipinski definition) is 4. The number of hydrogen-bond donors (Lipinski definition) is 1. The number of nitrogens with one attached hydrogen (secondary N) is 1. The number of carbonyl (C=O) groups excluding carboxylic acids is 1. The first-order valence-corrected chi connectivity index (χ1v) is 7.43. The fraction of sp³-hybridized carbons (Fsp3) is 0.562. The summed E-state index contributed by atoms with van der Waals surface area (Å²) in [4.78, 5) is 16.7. The van der Waals surface area contributed by atoms with Crippen LogP contribution in [0.5, 0.6) is 0 Å². The predicted octanol–water partition coefficient (Wildman–Crippen LogP) is 1.34. The molecule has 5 nitrogen and oxygen atoms in total. The minimum Gasteiger partial charge on any atom is -0.383 e. The molecule has 0 fully saturated rings. The van der Waals surface area contributed by atoms with E-state index in [-0.39, 0.29) is 5.91 Å². The summed E-state index contributed by atoms with van der Waals surface area (Å²) in [5.41, 5.74) is 2.12. The Morgan fingerprint density at radius 2 is 2.05 bits per heavy atom. The summed E-state index contributed by atoms with van der Waals surface area (Å²) < 4.78 is 4.98.